The third-order valence-electron chi connectivity index (χ3n) is 10.9. The van der Waals surface area contributed by atoms with Crippen molar-refractivity contribution in [3.8, 4) is 5.69 Å². The molecule has 0 saturated heterocycles. The molecule has 0 spiro atoms. The van der Waals surface area contributed by atoms with E-state index in [0.717, 1.165) is 42.6 Å². The van der Waals surface area contributed by atoms with Crippen LogP contribution in [0.25, 0.3) is 11.8 Å². The first-order chi connectivity index (χ1) is 19.6. The van der Waals surface area contributed by atoms with Gasteiger partial charge < -0.3 is 9.84 Å². The van der Waals surface area contributed by atoms with E-state index in [4.69, 9.17) is 4.74 Å². The number of rotatable bonds is 6. The first-order valence-electron chi connectivity index (χ1n) is 14.8. The molecule has 0 bridgehead atoms. The van der Waals surface area contributed by atoms with Crippen LogP contribution in [-0.4, -0.2) is 43.4 Å². The molecule has 2 aromatic rings. The molecular weight excluding hydrogens is 539 g/mol. The van der Waals surface area contributed by atoms with Gasteiger partial charge in [-0.1, -0.05) is 44.2 Å². The van der Waals surface area contributed by atoms with Crippen molar-refractivity contribution in [1.29, 1.82) is 0 Å². The number of carbonyl (C=O) groups excluding carboxylic acids is 2. The van der Waals surface area contributed by atoms with Crippen LogP contribution in [0.2, 0.25) is 0 Å². The normalized spacial score (nSPS) is 35.4. The lowest BCUT2D eigenvalue weighted by atomic mass is 9.45. The van der Waals surface area contributed by atoms with E-state index >= 15 is 0 Å². The molecule has 1 aromatic heterocycles. The van der Waals surface area contributed by atoms with Gasteiger partial charge in [0, 0.05) is 17.6 Å². The van der Waals surface area contributed by atoms with Gasteiger partial charge in [-0.25, -0.2) is 9.07 Å². The summed E-state index contributed by atoms with van der Waals surface area (Å²) in [5.74, 6) is 0.208. The molecule has 8 heteroatoms. The minimum absolute atomic E-state index is 0.0245. The number of halogens is 1. The standard InChI is InChI=1S/C33H39FN2O4S/c1-5-15-41-30(39)33(40-28(38)6-2)14-13-25-24-12-7-21-16-26-20(19-35-36(26)23-10-8-22(34)9-11-23)17-31(21,3)29(24)27(37)18-32(25,33)4/h5,8-11,16,19,24-25,27,29,37H,1,6-7,12-15,17-18H2,2-4H3/t24-,25-,27-,29+,31-,32-,33-/m0/s1. The molecular formula is C33H39FN2O4S. The van der Waals surface area contributed by atoms with Crippen LogP contribution in [0.4, 0.5) is 4.39 Å². The number of aliphatic hydroxyl groups excluding tert-OH is 1. The van der Waals surface area contributed by atoms with Crippen LogP contribution in [0.5, 0.6) is 0 Å². The van der Waals surface area contributed by atoms with E-state index in [-0.39, 0.29) is 46.5 Å². The molecule has 0 unspecified atom stereocenters. The molecule has 3 saturated carbocycles. The van der Waals surface area contributed by atoms with Crippen molar-refractivity contribution in [3.05, 3.63) is 65.8 Å². The Bertz CT molecular complexity index is 1420. The summed E-state index contributed by atoms with van der Waals surface area (Å²) in [6.45, 7) is 9.88. The van der Waals surface area contributed by atoms with Crippen molar-refractivity contribution < 1.29 is 23.8 Å². The molecule has 1 heterocycles. The number of aromatic nitrogens is 2. The first kappa shape index (κ1) is 28.4. The van der Waals surface area contributed by atoms with Crippen LogP contribution in [0.1, 0.15) is 70.6 Å². The monoisotopic (exact) mass is 578 g/mol. The van der Waals surface area contributed by atoms with Gasteiger partial charge in [0.2, 0.25) is 5.12 Å². The lowest BCUT2D eigenvalue weighted by molar-refractivity contribution is -0.196. The van der Waals surface area contributed by atoms with E-state index in [9.17, 15) is 19.1 Å². The Balaban J connectivity index is 1.35. The van der Waals surface area contributed by atoms with Crippen molar-refractivity contribution in [2.75, 3.05) is 5.75 Å². The lowest BCUT2D eigenvalue weighted by Gasteiger charge is -2.60. The van der Waals surface area contributed by atoms with Gasteiger partial charge in [0.05, 0.1) is 23.7 Å². The largest absolute Gasteiger partial charge is 0.449 e. The first-order valence-corrected chi connectivity index (χ1v) is 15.8. The second-order valence-corrected chi connectivity index (χ2v) is 13.8. The molecule has 0 amide bonds. The maximum Gasteiger partial charge on any atom is 0.306 e. The lowest BCUT2D eigenvalue weighted by Crippen LogP contribution is -2.62. The van der Waals surface area contributed by atoms with Crippen LogP contribution in [-0.2, 0) is 20.7 Å². The zero-order chi connectivity index (χ0) is 29.2. The molecule has 3 fully saturated rings. The summed E-state index contributed by atoms with van der Waals surface area (Å²) < 4.78 is 21.6. The van der Waals surface area contributed by atoms with Crippen molar-refractivity contribution in [2.24, 2.45) is 28.6 Å². The van der Waals surface area contributed by atoms with Crippen LogP contribution < -0.4 is 0 Å². The van der Waals surface area contributed by atoms with Crippen LogP contribution in [0.3, 0.4) is 0 Å². The van der Waals surface area contributed by atoms with Gasteiger partial charge in [-0.2, -0.15) is 5.10 Å². The molecule has 1 N–H and O–H groups in total. The van der Waals surface area contributed by atoms with E-state index in [1.807, 2.05) is 10.9 Å². The van der Waals surface area contributed by atoms with Crippen molar-refractivity contribution in [1.82, 2.24) is 9.78 Å². The summed E-state index contributed by atoms with van der Waals surface area (Å²) in [4.78, 5) is 26.5. The summed E-state index contributed by atoms with van der Waals surface area (Å²) in [6, 6.07) is 6.38. The zero-order valence-corrected chi connectivity index (χ0v) is 24.9. The second-order valence-electron chi connectivity index (χ2n) is 12.8. The summed E-state index contributed by atoms with van der Waals surface area (Å²) in [5.41, 5.74) is 2.14. The highest BCUT2D eigenvalue weighted by molar-refractivity contribution is 8.14. The molecule has 6 nitrogen and oxygen atoms in total. The maximum absolute atomic E-state index is 13.8. The Morgan fingerprint density at radius 3 is 2.73 bits per heavy atom. The van der Waals surface area contributed by atoms with Gasteiger partial charge in [-0.3, -0.25) is 9.59 Å². The van der Waals surface area contributed by atoms with Gasteiger partial charge in [-0.05, 0) is 97.6 Å². The highest BCUT2D eigenvalue weighted by Crippen LogP contribution is 2.68. The van der Waals surface area contributed by atoms with Crippen molar-refractivity contribution in [2.45, 2.75) is 77.4 Å². The number of carbonyl (C=O) groups is 2. The minimum atomic E-state index is -1.24. The fourth-order valence-electron chi connectivity index (χ4n) is 9.02. The third-order valence-corrected chi connectivity index (χ3v) is 11.8. The molecule has 7 atom stereocenters. The summed E-state index contributed by atoms with van der Waals surface area (Å²) in [7, 11) is 0. The smallest absolute Gasteiger partial charge is 0.306 e. The molecule has 218 valence electrons. The molecule has 0 aliphatic heterocycles. The number of esters is 1. The number of hydrogen-bond donors (Lipinski definition) is 1. The fourth-order valence-corrected chi connectivity index (χ4v) is 9.90. The number of benzene rings is 1. The van der Waals surface area contributed by atoms with Gasteiger partial charge >= 0.3 is 5.97 Å². The summed E-state index contributed by atoms with van der Waals surface area (Å²) in [6.07, 6.45) is 9.68. The Labute approximate surface area is 245 Å². The Hall–Kier alpha value is -2.71. The molecule has 1 aromatic carbocycles. The van der Waals surface area contributed by atoms with E-state index in [0.29, 0.717) is 18.6 Å². The number of fused-ring (bicyclic) bond motifs is 6. The summed E-state index contributed by atoms with van der Waals surface area (Å²) in [5, 5.41) is 16.5. The van der Waals surface area contributed by atoms with E-state index in [1.165, 1.54) is 29.5 Å². The van der Waals surface area contributed by atoms with E-state index < -0.39 is 17.1 Å². The van der Waals surface area contributed by atoms with Crippen LogP contribution >= 0.6 is 11.8 Å². The third kappa shape index (κ3) is 4.19. The van der Waals surface area contributed by atoms with Crippen molar-refractivity contribution in [3.63, 3.8) is 0 Å². The maximum atomic E-state index is 13.8. The minimum Gasteiger partial charge on any atom is -0.449 e. The van der Waals surface area contributed by atoms with Gasteiger partial charge in [0.25, 0.3) is 0 Å². The number of hydrogen-bond acceptors (Lipinski definition) is 6. The molecule has 4 aliphatic carbocycles. The SMILES string of the molecule is C=CCSC(=O)[C@@]1(OC(=O)CC)CC[C@H]2[C@@H]3CCC4=Cc5c(cnn5-c5ccc(F)cc5)C[C@]4(C)[C@H]3[C@@H](O)C[C@@]21C. The van der Waals surface area contributed by atoms with E-state index in [1.54, 1.807) is 25.1 Å². The Morgan fingerprint density at radius 1 is 1.27 bits per heavy atom. The van der Waals surface area contributed by atoms with E-state index in [2.05, 4.69) is 31.6 Å². The molecule has 41 heavy (non-hydrogen) atoms. The molecule has 6 rings (SSSR count). The fraction of sp³-hybridized carbons (Fsp3) is 0.545. The number of aliphatic hydroxyl groups is 1. The van der Waals surface area contributed by atoms with Crippen LogP contribution in [0.15, 0.2) is 48.7 Å². The number of nitrogens with zero attached hydrogens (tertiary/aromatic N) is 2. The molecule has 0 radical (unpaired) electrons. The number of thioether (sulfide) groups is 1. The quantitative estimate of drug-likeness (QED) is 0.320. The highest BCUT2D eigenvalue weighted by Gasteiger charge is 2.70. The second kappa shape index (κ2) is 10.2. The number of allylic oxidation sites excluding steroid dienone is 1. The van der Waals surface area contributed by atoms with Crippen LogP contribution in [0, 0.1) is 34.4 Å². The van der Waals surface area contributed by atoms with Crippen molar-refractivity contribution >= 4 is 28.9 Å². The van der Waals surface area contributed by atoms with Gasteiger partial charge in [0.15, 0.2) is 5.60 Å². The predicted octanol–water partition coefficient (Wildman–Crippen LogP) is 6.30. The predicted molar refractivity (Wildman–Crippen MR) is 158 cm³/mol. The average Bonchev–Trinajstić information content (AvgIpc) is 3.48. The summed E-state index contributed by atoms with van der Waals surface area (Å²) >= 11 is 1.17. The Kier molecular flexibility index (Phi) is 7.09. The van der Waals surface area contributed by atoms with Gasteiger partial charge in [0.1, 0.15) is 5.82 Å². The van der Waals surface area contributed by atoms with Gasteiger partial charge in [-0.15, -0.1) is 6.58 Å². The zero-order valence-electron chi connectivity index (χ0n) is 24.1. The Morgan fingerprint density at radius 2 is 2.02 bits per heavy atom. The average molecular weight is 579 g/mol. The number of ether oxygens (including phenoxy) is 1. The molecule has 4 aliphatic rings. The highest BCUT2D eigenvalue weighted by atomic mass is 32.2. The topological polar surface area (TPSA) is 81.4 Å².